The number of aliphatic hydroxyl groups is 4. The fraction of sp³-hybridized carbons (Fsp3) is 0.667. The molecule has 0 spiro atoms. The molecule has 0 bridgehead atoms. The van der Waals surface area contributed by atoms with E-state index in [-0.39, 0.29) is 6.61 Å². The maximum absolute atomic E-state index is 12.0. The molecule has 0 aromatic rings. The van der Waals surface area contributed by atoms with Crippen LogP contribution in [0.1, 0.15) is 6.92 Å². The van der Waals surface area contributed by atoms with Crippen molar-refractivity contribution in [1.82, 2.24) is 0 Å². The highest BCUT2D eigenvalue weighted by Gasteiger charge is 2.56. The Hall–Kier alpha value is -2.02. The molecule has 0 unspecified atom stereocenters. The molecular weight excluding hydrogens is 392 g/mol. The number of ether oxygens (including phenoxy) is 5. The highest BCUT2D eigenvalue weighted by atomic mass is 16.8. The van der Waals surface area contributed by atoms with E-state index in [2.05, 4.69) is 0 Å². The number of carbonyl (C=O) groups excluding carboxylic acids is 2. The van der Waals surface area contributed by atoms with Crippen LogP contribution < -0.4 is 0 Å². The molecule has 0 aromatic carbocycles. The third kappa shape index (κ3) is 3.43. The van der Waals surface area contributed by atoms with Crippen molar-refractivity contribution < 1.29 is 53.7 Å². The molecule has 9 atom stereocenters. The van der Waals surface area contributed by atoms with E-state index in [1.807, 2.05) is 0 Å². The van der Waals surface area contributed by atoms with Gasteiger partial charge in [0, 0.05) is 12.8 Å². The molecule has 29 heavy (non-hydrogen) atoms. The highest BCUT2D eigenvalue weighted by Crippen LogP contribution is 2.49. The van der Waals surface area contributed by atoms with Gasteiger partial charge in [0.25, 0.3) is 0 Å². The van der Waals surface area contributed by atoms with Crippen molar-refractivity contribution in [1.29, 1.82) is 0 Å². The Bertz CT molecular complexity index is 744. The fourth-order valence-corrected chi connectivity index (χ4v) is 4.12. The van der Waals surface area contributed by atoms with E-state index in [1.54, 1.807) is 6.08 Å². The molecule has 4 N–H and O–H groups in total. The van der Waals surface area contributed by atoms with Crippen molar-refractivity contribution in [3.8, 4) is 0 Å². The van der Waals surface area contributed by atoms with Gasteiger partial charge in [-0.2, -0.15) is 0 Å². The monoisotopic (exact) mass is 414 g/mol. The average Bonchev–Trinajstić information content (AvgIpc) is 3.20. The maximum atomic E-state index is 12.0. The van der Waals surface area contributed by atoms with Gasteiger partial charge >= 0.3 is 11.9 Å². The molecule has 11 nitrogen and oxygen atoms in total. The fourth-order valence-electron chi connectivity index (χ4n) is 4.12. The first-order valence-corrected chi connectivity index (χ1v) is 9.18. The van der Waals surface area contributed by atoms with Crippen LogP contribution in [-0.2, 0) is 33.3 Å². The lowest BCUT2D eigenvalue weighted by atomic mass is 9.84. The molecule has 160 valence electrons. The number of aliphatic hydroxyl groups excluding tert-OH is 4. The first kappa shape index (κ1) is 20.3. The first-order chi connectivity index (χ1) is 13.8. The zero-order valence-corrected chi connectivity index (χ0v) is 15.4. The Morgan fingerprint density at radius 1 is 1.14 bits per heavy atom. The Labute approximate surface area is 165 Å². The summed E-state index contributed by atoms with van der Waals surface area (Å²) in [6.07, 6.45) is -6.03. The lowest BCUT2D eigenvalue weighted by Gasteiger charge is -2.42. The quantitative estimate of drug-likeness (QED) is 0.283. The Balaban J connectivity index is 1.56. The number of carbonyl (C=O) groups is 2. The minimum absolute atomic E-state index is 0.0598. The number of rotatable bonds is 5. The van der Waals surface area contributed by atoms with Crippen molar-refractivity contribution in [2.45, 2.75) is 50.0 Å². The van der Waals surface area contributed by atoms with Gasteiger partial charge in [-0.25, -0.2) is 4.79 Å². The van der Waals surface area contributed by atoms with Gasteiger partial charge in [-0.3, -0.25) is 4.79 Å². The van der Waals surface area contributed by atoms with Gasteiger partial charge < -0.3 is 44.1 Å². The van der Waals surface area contributed by atoms with Gasteiger partial charge in [0.15, 0.2) is 6.29 Å². The molecule has 0 saturated carbocycles. The van der Waals surface area contributed by atoms with Crippen molar-refractivity contribution in [2.75, 3.05) is 13.2 Å². The predicted molar refractivity (Wildman–Crippen MR) is 89.4 cm³/mol. The van der Waals surface area contributed by atoms with Crippen LogP contribution in [0.4, 0.5) is 0 Å². The molecule has 1 aliphatic carbocycles. The summed E-state index contributed by atoms with van der Waals surface area (Å²) >= 11 is 0. The van der Waals surface area contributed by atoms with E-state index in [4.69, 9.17) is 23.7 Å². The maximum Gasteiger partial charge on any atom is 0.338 e. The molecular formula is C18H22O11. The second kappa shape index (κ2) is 7.67. The second-order valence-electron chi connectivity index (χ2n) is 7.35. The van der Waals surface area contributed by atoms with Crippen LogP contribution in [-0.4, -0.2) is 88.7 Å². The predicted octanol–water partition coefficient (Wildman–Crippen LogP) is -2.30. The van der Waals surface area contributed by atoms with Crippen LogP contribution in [0.5, 0.6) is 0 Å². The van der Waals surface area contributed by atoms with Crippen LogP contribution in [0.15, 0.2) is 23.5 Å². The van der Waals surface area contributed by atoms with Crippen LogP contribution in [0.3, 0.4) is 0 Å². The number of esters is 2. The largest absolute Gasteiger partial charge is 0.471 e. The molecule has 0 aromatic heterocycles. The first-order valence-electron chi connectivity index (χ1n) is 9.18. The Kier molecular flexibility index (Phi) is 5.36. The molecule has 4 rings (SSSR count). The van der Waals surface area contributed by atoms with Gasteiger partial charge in [0.05, 0.1) is 24.4 Å². The minimum Gasteiger partial charge on any atom is -0.471 e. The summed E-state index contributed by atoms with van der Waals surface area (Å²) in [4.78, 5) is 23.2. The SMILES string of the molecule is CC(=O)OCC1=C[C@H]2OC(=O)C3=CO[C@@H](O[C@H]4O[C@@H](CO)[C@H](O)[C@@H](O)[C@@H]4O)[C@@H]1[C@H]32. The van der Waals surface area contributed by atoms with Crippen LogP contribution in [0, 0.1) is 11.8 Å². The molecule has 2 saturated heterocycles. The molecule has 11 heteroatoms. The number of hydrogen-bond acceptors (Lipinski definition) is 11. The zero-order valence-electron chi connectivity index (χ0n) is 15.4. The highest BCUT2D eigenvalue weighted by molar-refractivity contribution is 5.92. The third-order valence-corrected chi connectivity index (χ3v) is 5.57. The molecule has 2 fully saturated rings. The van der Waals surface area contributed by atoms with Crippen LogP contribution in [0.25, 0.3) is 0 Å². The van der Waals surface area contributed by atoms with Crippen molar-refractivity contribution >= 4 is 11.9 Å². The summed E-state index contributed by atoms with van der Waals surface area (Å²) < 4.78 is 27.0. The molecule has 3 heterocycles. The van der Waals surface area contributed by atoms with E-state index >= 15 is 0 Å². The Morgan fingerprint density at radius 2 is 1.90 bits per heavy atom. The lowest BCUT2D eigenvalue weighted by Crippen LogP contribution is -2.60. The Morgan fingerprint density at radius 3 is 2.59 bits per heavy atom. The normalized spacial score (nSPS) is 43.1. The molecule has 4 aliphatic rings. The van der Waals surface area contributed by atoms with Gasteiger partial charge in [-0.1, -0.05) is 0 Å². The van der Waals surface area contributed by atoms with Gasteiger partial charge in [0.2, 0.25) is 6.29 Å². The smallest absolute Gasteiger partial charge is 0.338 e. The van der Waals surface area contributed by atoms with E-state index in [0.717, 1.165) is 0 Å². The van der Waals surface area contributed by atoms with E-state index in [0.29, 0.717) is 11.1 Å². The van der Waals surface area contributed by atoms with Crippen LogP contribution in [0.2, 0.25) is 0 Å². The average molecular weight is 414 g/mol. The van der Waals surface area contributed by atoms with Crippen LogP contribution >= 0.6 is 0 Å². The van der Waals surface area contributed by atoms with Crippen molar-refractivity contribution in [3.05, 3.63) is 23.5 Å². The number of hydrogen-bond donors (Lipinski definition) is 4. The van der Waals surface area contributed by atoms with Gasteiger partial charge in [0.1, 0.15) is 37.1 Å². The summed E-state index contributed by atoms with van der Waals surface area (Å²) in [5.74, 6) is -1.99. The molecule has 3 aliphatic heterocycles. The molecule has 0 amide bonds. The van der Waals surface area contributed by atoms with Crippen molar-refractivity contribution in [2.24, 2.45) is 11.8 Å². The van der Waals surface area contributed by atoms with Gasteiger partial charge in [-0.15, -0.1) is 0 Å². The lowest BCUT2D eigenvalue weighted by molar-refractivity contribution is -0.339. The zero-order chi connectivity index (χ0) is 20.9. The van der Waals surface area contributed by atoms with Crippen molar-refractivity contribution in [3.63, 3.8) is 0 Å². The summed E-state index contributed by atoms with van der Waals surface area (Å²) in [5.41, 5.74) is 0.936. The van der Waals surface area contributed by atoms with Gasteiger partial charge in [-0.05, 0) is 11.6 Å². The summed E-state index contributed by atoms with van der Waals surface area (Å²) in [7, 11) is 0. The minimum atomic E-state index is -1.61. The van der Waals surface area contributed by atoms with E-state index in [9.17, 15) is 30.0 Å². The van der Waals surface area contributed by atoms with E-state index < -0.39 is 73.5 Å². The summed E-state index contributed by atoms with van der Waals surface area (Å²) in [6.45, 7) is 0.602. The standard InChI is InChI=1S/C18H22O11/c1-6(20)25-4-7-2-9-12-8(16(24)27-9)5-26-17(11(7)12)29-18-15(23)14(22)13(21)10(3-19)28-18/h2,5,9-15,17-19,21-23H,3-4H2,1H3/t9-,10+,11+,12-,13+,14-,15+,17+,18-/m1/s1. The topological polar surface area (TPSA) is 161 Å². The second-order valence-corrected chi connectivity index (χ2v) is 7.35. The third-order valence-electron chi connectivity index (χ3n) is 5.57. The summed E-state index contributed by atoms with van der Waals surface area (Å²) in [6, 6.07) is 0. The molecule has 0 radical (unpaired) electrons. The summed E-state index contributed by atoms with van der Waals surface area (Å²) in [5, 5.41) is 39.4. The van der Waals surface area contributed by atoms with E-state index in [1.165, 1.54) is 13.2 Å².